The van der Waals surface area contributed by atoms with E-state index < -0.39 is 0 Å². The average Bonchev–Trinajstić information content (AvgIpc) is 3.33. The van der Waals surface area contributed by atoms with E-state index in [-0.39, 0.29) is 12.0 Å². The number of aromatic nitrogens is 3. The molecule has 3 heterocycles. The van der Waals surface area contributed by atoms with Crippen LogP contribution in [-0.4, -0.2) is 63.1 Å². The number of hydrogen-bond donors (Lipinski definition) is 0. The molecule has 180 valence electrons. The van der Waals surface area contributed by atoms with E-state index in [1.807, 2.05) is 11.0 Å². The summed E-state index contributed by atoms with van der Waals surface area (Å²) in [6, 6.07) is 20.8. The van der Waals surface area contributed by atoms with Crippen LogP contribution in [0.5, 0.6) is 5.75 Å². The Bertz CT molecular complexity index is 1260. The van der Waals surface area contributed by atoms with Crippen molar-refractivity contribution in [3.8, 4) is 5.75 Å². The van der Waals surface area contributed by atoms with Crippen molar-refractivity contribution in [3.05, 3.63) is 95.9 Å². The van der Waals surface area contributed by atoms with Crippen molar-refractivity contribution in [1.82, 2.24) is 24.4 Å². The molecule has 1 amide bonds. The van der Waals surface area contributed by atoms with Gasteiger partial charge in [0.15, 0.2) is 5.65 Å². The number of ether oxygens (including phenoxy) is 1. The van der Waals surface area contributed by atoms with Gasteiger partial charge in [0, 0.05) is 51.4 Å². The molecule has 0 N–H and O–H groups in total. The van der Waals surface area contributed by atoms with Crippen LogP contribution in [0.25, 0.3) is 5.65 Å². The van der Waals surface area contributed by atoms with Gasteiger partial charge in [0.2, 0.25) is 0 Å². The molecule has 0 unspecified atom stereocenters. The molecular formula is C28H31N5O2. The Hall–Kier alpha value is -3.71. The van der Waals surface area contributed by atoms with Crippen LogP contribution in [0.1, 0.15) is 34.3 Å². The largest absolute Gasteiger partial charge is 0.490 e. The van der Waals surface area contributed by atoms with Crippen molar-refractivity contribution in [2.24, 2.45) is 0 Å². The predicted octanol–water partition coefficient (Wildman–Crippen LogP) is 4.09. The second-order valence-electron chi connectivity index (χ2n) is 9.18. The second kappa shape index (κ2) is 10.7. The molecule has 0 aliphatic carbocycles. The lowest BCUT2D eigenvalue weighted by Crippen LogP contribution is -2.41. The summed E-state index contributed by atoms with van der Waals surface area (Å²) in [5.41, 5.74) is 3.75. The maximum absolute atomic E-state index is 13.0. The molecule has 1 aliphatic heterocycles. The molecule has 0 saturated carbocycles. The minimum Gasteiger partial charge on any atom is -0.490 e. The SMILES string of the molecule is CN(CCc1ccccc1)Cc1cccc(OC2CCN(C(=O)c3cnn4cccnc34)CC2)c1. The number of carbonyl (C=O) groups is 1. The Morgan fingerprint density at radius 1 is 1.06 bits per heavy atom. The van der Waals surface area contributed by atoms with Crippen LogP contribution in [0.3, 0.4) is 0 Å². The zero-order chi connectivity index (χ0) is 24.0. The van der Waals surface area contributed by atoms with E-state index in [1.54, 1.807) is 29.2 Å². The van der Waals surface area contributed by atoms with Gasteiger partial charge in [0.25, 0.3) is 5.91 Å². The molecule has 4 aromatic rings. The molecular weight excluding hydrogens is 438 g/mol. The number of fused-ring (bicyclic) bond motifs is 1. The topological polar surface area (TPSA) is 63.0 Å². The van der Waals surface area contributed by atoms with Crippen molar-refractivity contribution in [3.63, 3.8) is 0 Å². The standard InChI is InChI=1S/C28H31N5O2/c1-31(16-11-22-7-3-2-4-8-22)21-23-9-5-10-25(19-23)35-24-12-17-32(18-13-24)28(34)26-20-30-33-15-6-14-29-27(26)33/h2-10,14-15,19-20,24H,11-13,16-18,21H2,1H3. The molecule has 7 heteroatoms. The van der Waals surface area contributed by atoms with Gasteiger partial charge in [-0.2, -0.15) is 5.10 Å². The number of likely N-dealkylation sites (N-methyl/N-ethyl adjacent to an activating group) is 1. The van der Waals surface area contributed by atoms with Crippen LogP contribution in [0.2, 0.25) is 0 Å². The number of amides is 1. The summed E-state index contributed by atoms with van der Waals surface area (Å²) in [5, 5.41) is 4.24. The van der Waals surface area contributed by atoms with Gasteiger partial charge >= 0.3 is 0 Å². The van der Waals surface area contributed by atoms with E-state index >= 15 is 0 Å². The molecule has 1 fully saturated rings. The second-order valence-corrected chi connectivity index (χ2v) is 9.18. The Labute approximate surface area is 206 Å². The maximum Gasteiger partial charge on any atom is 0.259 e. The average molecular weight is 470 g/mol. The van der Waals surface area contributed by atoms with Gasteiger partial charge in [-0.3, -0.25) is 4.79 Å². The van der Waals surface area contributed by atoms with Gasteiger partial charge in [0.05, 0.1) is 6.20 Å². The summed E-state index contributed by atoms with van der Waals surface area (Å²) in [5.74, 6) is 0.883. The predicted molar refractivity (Wildman–Crippen MR) is 135 cm³/mol. The van der Waals surface area contributed by atoms with Gasteiger partial charge in [-0.15, -0.1) is 0 Å². The highest BCUT2D eigenvalue weighted by Crippen LogP contribution is 2.22. The first-order valence-electron chi connectivity index (χ1n) is 12.2. The fraction of sp³-hybridized carbons (Fsp3) is 0.321. The van der Waals surface area contributed by atoms with Crippen molar-refractivity contribution >= 4 is 11.6 Å². The molecule has 1 aliphatic rings. The molecule has 0 bridgehead atoms. The molecule has 2 aromatic carbocycles. The third-order valence-corrected chi connectivity index (χ3v) is 6.52. The minimum atomic E-state index is -0.0160. The Balaban J connectivity index is 1.12. The van der Waals surface area contributed by atoms with Crippen LogP contribution < -0.4 is 4.74 Å². The third-order valence-electron chi connectivity index (χ3n) is 6.52. The fourth-order valence-electron chi connectivity index (χ4n) is 4.59. The highest BCUT2D eigenvalue weighted by molar-refractivity contribution is 5.99. The molecule has 1 saturated heterocycles. The number of piperidine rings is 1. The lowest BCUT2D eigenvalue weighted by atomic mass is 10.1. The number of benzene rings is 2. The van der Waals surface area contributed by atoms with Gasteiger partial charge in [-0.05, 0) is 42.8 Å². The summed E-state index contributed by atoms with van der Waals surface area (Å²) in [4.78, 5) is 21.5. The highest BCUT2D eigenvalue weighted by Gasteiger charge is 2.27. The van der Waals surface area contributed by atoms with Crippen LogP contribution in [0.4, 0.5) is 0 Å². The van der Waals surface area contributed by atoms with E-state index in [2.05, 4.69) is 70.6 Å². The lowest BCUT2D eigenvalue weighted by molar-refractivity contribution is 0.0597. The molecule has 2 aromatic heterocycles. The Morgan fingerprint density at radius 3 is 2.69 bits per heavy atom. The van der Waals surface area contributed by atoms with Crippen molar-refractivity contribution in [2.75, 3.05) is 26.7 Å². The first-order valence-corrected chi connectivity index (χ1v) is 12.2. The van der Waals surface area contributed by atoms with Crippen LogP contribution in [0, 0.1) is 0 Å². The minimum absolute atomic E-state index is 0.0160. The highest BCUT2D eigenvalue weighted by atomic mass is 16.5. The van der Waals surface area contributed by atoms with E-state index in [1.165, 1.54) is 11.1 Å². The Kier molecular flexibility index (Phi) is 7.04. The van der Waals surface area contributed by atoms with E-state index in [4.69, 9.17) is 4.74 Å². The summed E-state index contributed by atoms with van der Waals surface area (Å²) < 4.78 is 7.94. The quantitative estimate of drug-likeness (QED) is 0.389. The summed E-state index contributed by atoms with van der Waals surface area (Å²) >= 11 is 0. The normalized spacial score (nSPS) is 14.5. The third kappa shape index (κ3) is 5.69. The molecule has 5 rings (SSSR count). The number of likely N-dealkylation sites (tertiary alicyclic amines) is 1. The van der Waals surface area contributed by atoms with Gasteiger partial charge < -0.3 is 14.5 Å². The zero-order valence-electron chi connectivity index (χ0n) is 20.1. The van der Waals surface area contributed by atoms with Crippen LogP contribution >= 0.6 is 0 Å². The maximum atomic E-state index is 13.0. The first-order chi connectivity index (χ1) is 17.2. The van der Waals surface area contributed by atoms with Crippen LogP contribution in [-0.2, 0) is 13.0 Å². The first kappa shape index (κ1) is 23.1. The molecule has 0 radical (unpaired) electrons. The summed E-state index contributed by atoms with van der Waals surface area (Å²) in [6.07, 6.45) is 7.84. The smallest absolute Gasteiger partial charge is 0.259 e. The number of rotatable bonds is 8. The molecule has 7 nitrogen and oxygen atoms in total. The number of carbonyl (C=O) groups excluding carboxylic acids is 1. The number of nitrogens with zero attached hydrogens (tertiary/aromatic N) is 5. The van der Waals surface area contributed by atoms with E-state index in [0.717, 1.165) is 38.1 Å². The zero-order valence-corrected chi connectivity index (χ0v) is 20.1. The van der Waals surface area contributed by atoms with E-state index in [0.29, 0.717) is 24.3 Å². The van der Waals surface area contributed by atoms with Crippen molar-refractivity contribution in [2.45, 2.75) is 31.9 Å². The van der Waals surface area contributed by atoms with Crippen molar-refractivity contribution < 1.29 is 9.53 Å². The summed E-state index contributed by atoms with van der Waals surface area (Å²) in [6.45, 7) is 3.21. The van der Waals surface area contributed by atoms with Gasteiger partial charge in [0.1, 0.15) is 17.4 Å². The summed E-state index contributed by atoms with van der Waals surface area (Å²) in [7, 11) is 2.16. The molecule has 0 spiro atoms. The fourth-order valence-corrected chi connectivity index (χ4v) is 4.59. The lowest BCUT2D eigenvalue weighted by Gasteiger charge is -2.32. The molecule has 35 heavy (non-hydrogen) atoms. The van der Waals surface area contributed by atoms with Crippen LogP contribution in [0.15, 0.2) is 79.3 Å². The van der Waals surface area contributed by atoms with E-state index in [9.17, 15) is 4.79 Å². The molecule has 0 atom stereocenters. The van der Waals surface area contributed by atoms with Gasteiger partial charge in [-0.25, -0.2) is 9.50 Å². The van der Waals surface area contributed by atoms with Crippen molar-refractivity contribution in [1.29, 1.82) is 0 Å². The Morgan fingerprint density at radius 2 is 1.86 bits per heavy atom. The van der Waals surface area contributed by atoms with Gasteiger partial charge in [-0.1, -0.05) is 42.5 Å². The monoisotopic (exact) mass is 469 g/mol. The number of hydrogen-bond acceptors (Lipinski definition) is 5.